The molecule has 1 atom stereocenters. The minimum absolute atomic E-state index is 0.0834. The van der Waals surface area contributed by atoms with E-state index >= 15 is 0 Å². The molecule has 2 aliphatic heterocycles. The van der Waals surface area contributed by atoms with E-state index in [0.29, 0.717) is 17.9 Å². The van der Waals surface area contributed by atoms with Gasteiger partial charge in [0.15, 0.2) is 0 Å². The Morgan fingerprint density at radius 1 is 1.03 bits per heavy atom. The van der Waals surface area contributed by atoms with E-state index in [-0.39, 0.29) is 11.9 Å². The highest BCUT2D eigenvalue weighted by molar-refractivity contribution is 5.80. The number of carbonyl (C=O) groups is 1. The first-order valence-electron chi connectivity index (χ1n) is 11.5. The number of nitriles is 1. The van der Waals surface area contributed by atoms with E-state index in [1.807, 2.05) is 29.2 Å². The number of amides is 1. The average Bonchev–Trinajstić information content (AvgIpc) is 3.14. The van der Waals surface area contributed by atoms with Crippen LogP contribution in [0.4, 0.5) is 5.69 Å². The maximum absolute atomic E-state index is 12.6. The van der Waals surface area contributed by atoms with Gasteiger partial charge in [-0.2, -0.15) is 5.26 Å². The summed E-state index contributed by atoms with van der Waals surface area (Å²) >= 11 is 0. The van der Waals surface area contributed by atoms with Gasteiger partial charge in [-0.1, -0.05) is 42.5 Å². The highest BCUT2D eigenvalue weighted by atomic mass is 16.2. The Kier molecular flexibility index (Phi) is 7.22. The van der Waals surface area contributed by atoms with E-state index in [2.05, 4.69) is 46.6 Å². The number of piperidine rings is 1. The third-order valence-electron chi connectivity index (χ3n) is 6.59. The second kappa shape index (κ2) is 10.5. The van der Waals surface area contributed by atoms with E-state index in [9.17, 15) is 10.1 Å². The molecule has 0 saturated carbocycles. The first-order valence-corrected chi connectivity index (χ1v) is 11.5. The molecule has 162 valence electrons. The van der Waals surface area contributed by atoms with Gasteiger partial charge in [0, 0.05) is 19.5 Å². The maximum atomic E-state index is 12.6. The number of para-hydroxylation sites is 1. The van der Waals surface area contributed by atoms with Gasteiger partial charge >= 0.3 is 0 Å². The quantitative estimate of drug-likeness (QED) is 0.709. The van der Waals surface area contributed by atoms with E-state index in [1.165, 1.54) is 24.8 Å². The van der Waals surface area contributed by atoms with Gasteiger partial charge in [-0.05, 0) is 68.9 Å². The van der Waals surface area contributed by atoms with Gasteiger partial charge in [-0.3, -0.25) is 4.79 Å². The van der Waals surface area contributed by atoms with Crippen molar-refractivity contribution in [3.8, 4) is 6.07 Å². The van der Waals surface area contributed by atoms with Gasteiger partial charge in [-0.25, -0.2) is 0 Å². The number of carbonyl (C=O) groups excluding carboxylic acids is 1. The number of aryl methyl sites for hydroxylation is 1. The zero-order valence-electron chi connectivity index (χ0n) is 18.2. The predicted octanol–water partition coefficient (Wildman–Crippen LogP) is 3.92. The van der Waals surface area contributed by atoms with Crippen LogP contribution in [0.5, 0.6) is 0 Å². The van der Waals surface area contributed by atoms with E-state index in [1.54, 1.807) is 0 Å². The summed E-state index contributed by atoms with van der Waals surface area (Å²) < 4.78 is 0. The summed E-state index contributed by atoms with van der Waals surface area (Å²) in [6.07, 6.45) is 5.20. The van der Waals surface area contributed by atoms with Crippen LogP contribution in [-0.2, 0) is 11.2 Å². The largest absolute Gasteiger partial charge is 0.379 e. The normalized spacial score (nSPS) is 20.0. The molecule has 0 aromatic heterocycles. The van der Waals surface area contributed by atoms with Crippen LogP contribution in [0.1, 0.15) is 36.8 Å². The van der Waals surface area contributed by atoms with Crippen LogP contribution in [-0.4, -0.2) is 54.5 Å². The minimum atomic E-state index is 0.0834. The van der Waals surface area contributed by atoms with Crippen LogP contribution >= 0.6 is 0 Å². The molecule has 5 nitrogen and oxygen atoms in total. The molecule has 1 N–H and O–H groups in total. The summed E-state index contributed by atoms with van der Waals surface area (Å²) in [5.74, 6) is 0.830. The molecule has 1 amide bonds. The van der Waals surface area contributed by atoms with Crippen molar-refractivity contribution in [2.75, 3.05) is 38.0 Å². The number of likely N-dealkylation sites (tertiary alicyclic amines) is 2. The van der Waals surface area contributed by atoms with Crippen LogP contribution in [0.3, 0.4) is 0 Å². The van der Waals surface area contributed by atoms with Gasteiger partial charge in [-0.15, -0.1) is 0 Å². The first-order chi connectivity index (χ1) is 15.2. The smallest absolute Gasteiger partial charge is 0.224 e. The molecule has 31 heavy (non-hydrogen) atoms. The predicted molar refractivity (Wildman–Crippen MR) is 124 cm³/mol. The van der Waals surface area contributed by atoms with E-state index < -0.39 is 0 Å². The topological polar surface area (TPSA) is 59.4 Å². The summed E-state index contributed by atoms with van der Waals surface area (Å²) in [4.78, 5) is 17.2. The molecule has 0 bridgehead atoms. The summed E-state index contributed by atoms with van der Waals surface area (Å²) in [7, 11) is 0. The van der Waals surface area contributed by atoms with E-state index in [0.717, 1.165) is 44.8 Å². The average molecular weight is 417 g/mol. The third kappa shape index (κ3) is 5.86. The van der Waals surface area contributed by atoms with Crippen molar-refractivity contribution in [3.05, 3.63) is 65.7 Å². The Labute approximate surface area is 185 Å². The molecule has 2 aromatic carbocycles. The van der Waals surface area contributed by atoms with Crippen LogP contribution in [0, 0.1) is 17.2 Å². The SMILES string of the molecule is N#Cc1ccccc1NC1CC(=O)N(CC2CCN(CCCc3ccccc3)CC2)C1. The molecule has 0 radical (unpaired) electrons. The van der Waals surface area contributed by atoms with Crippen molar-refractivity contribution in [1.29, 1.82) is 5.26 Å². The van der Waals surface area contributed by atoms with Crippen molar-refractivity contribution < 1.29 is 4.79 Å². The lowest BCUT2D eigenvalue weighted by atomic mass is 9.96. The molecule has 2 aliphatic rings. The highest BCUT2D eigenvalue weighted by Crippen LogP contribution is 2.24. The molecule has 1 unspecified atom stereocenters. The fourth-order valence-corrected chi connectivity index (χ4v) is 4.83. The number of anilines is 1. The molecule has 2 saturated heterocycles. The minimum Gasteiger partial charge on any atom is -0.379 e. The Hall–Kier alpha value is -2.84. The number of nitrogens with zero attached hydrogens (tertiary/aromatic N) is 3. The Morgan fingerprint density at radius 3 is 2.55 bits per heavy atom. The lowest BCUT2D eigenvalue weighted by Gasteiger charge is -2.34. The van der Waals surface area contributed by atoms with Crippen molar-refractivity contribution in [3.63, 3.8) is 0 Å². The lowest BCUT2D eigenvalue weighted by Crippen LogP contribution is -2.40. The number of hydrogen-bond acceptors (Lipinski definition) is 4. The zero-order valence-corrected chi connectivity index (χ0v) is 18.2. The van der Waals surface area contributed by atoms with Crippen molar-refractivity contribution in [2.45, 2.75) is 38.1 Å². The van der Waals surface area contributed by atoms with Crippen molar-refractivity contribution in [1.82, 2.24) is 9.80 Å². The van der Waals surface area contributed by atoms with E-state index in [4.69, 9.17) is 0 Å². The van der Waals surface area contributed by atoms with Crippen molar-refractivity contribution in [2.24, 2.45) is 5.92 Å². The third-order valence-corrected chi connectivity index (χ3v) is 6.59. The summed E-state index contributed by atoms with van der Waals surface area (Å²) in [5, 5.41) is 12.7. The summed E-state index contributed by atoms with van der Waals surface area (Å²) in [5.41, 5.74) is 2.88. The first kappa shape index (κ1) is 21.4. The Balaban J connectivity index is 1.18. The Morgan fingerprint density at radius 2 is 1.77 bits per heavy atom. The second-order valence-electron chi connectivity index (χ2n) is 8.88. The van der Waals surface area contributed by atoms with Crippen LogP contribution in [0.2, 0.25) is 0 Å². The number of benzene rings is 2. The van der Waals surface area contributed by atoms with Gasteiger partial charge < -0.3 is 15.1 Å². The standard InChI is InChI=1S/C26H32N4O/c27-18-23-10-4-5-11-25(23)28-24-17-26(31)30(20-24)19-22-12-15-29(16-13-22)14-6-9-21-7-2-1-3-8-21/h1-5,7-8,10-11,22,24,28H,6,9,12-17,19-20H2. The van der Waals surface area contributed by atoms with Gasteiger partial charge in [0.2, 0.25) is 5.91 Å². The molecule has 0 spiro atoms. The number of hydrogen-bond donors (Lipinski definition) is 1. The molecule has 2 heterocycles. The molecule has 2 fully saturated rings. The number of nitrogens with one attached hydrogen (secondary N) is 1. The van der Waals surface area contributed by atoms with Crippen LogP contribution < -0.4 is 5.32 Å². The highest BCUT2D eigenvalue weighted by Gasteiger charge is 2.32. The van der Waals surface area contributed by atoms with Crippen LogP contribution in [0.15, 0.2) is 54.6 Å². The lowest BCUT2D eigenvalue weighted by molar-refractivity contribution is -0.128. The fourth-order valence-electron chi connectivity index (χ4n) is 4.83. The molecular formula is C26H32N4O. The monoisotopic (exact) mass is 416 g/mol. The van der Waals surface area contributed by atoms with Gasteiger partial charge in [0.05, 0.1) is 17.3 Å². The number of rotatable bonds is 8. The molecule has 0 aliphatic carbocycles. The van der Waals surface area contributed by atoms with Gasteiger partial charge in [0.1, 0.15) is 6.07 Å². The molecular weight excluding hydrogens is 384 g/mol. The zero-order chi connectivity index (χ0) is 21.5. The summed E-state index contributed by atoms with van der Waals surface area (Å²) in [6, 6.07) is 20.5. The Bertz CT molecular complexity index is 899. The van der Waals surface area contributed by atoms with Gasteiger partial charge in [0.25, 0.3) is 0 Å². The maximum Gasteiger partial charge on any atom is 0.224 e. The fraction of sp³-hybridized carbons (Fsp3) is 0.462. The summed E-state index contributed by atoms with van der Waals surface area (Å²) in [6.45, 7) is 5.04. The second-order valence-corrected chi connectivity index (χ2v) is 8.88. The molecule has 2 aromatic rings. The molecule has 4 rings (SSSR count). The van der Waals surface area contributed by atoms with Crippen LogP contribution in [0.25, 0.3) is 0 Å². The van der Waals surface area contributed by atoms with Crippen molar-refractivity contribution >= 4 is 11.6 Å². The molecule has 5 heteroatoms.